The van der Waals surface area contributed by atoms with E-state index in [-0.39, 0.29) is 17.9 Å². The number of ether oxygens (including phenoxy) is 2. The molecule has 0 radical (unpaired) electrons. The first kappa shape index (κ1) is 17.9. The Bertz CT molecular complexity index is 975. The van der Waals surface area contributed by atoms with Crippen molar-refractivity contribution >= 4 is 17.5 Å². The number of hydrogen-bond acceptors (Lipinski definition) is 5. The summed E-state index contributed by atoms with van der Waals surface area (Å²) in [4.78, 5) is 32.1. The van der Waals surface area contributed by atoms with E-state index < -0.39 is 17.4 Å². The summed E-state index contributed by atoms with van der Waals surface area (Å²) in [7, 11) is 1.59. The van der Waals surface area contributed by atoms with Gasteiger partial charge < -0.3 is 19.7 Å². The number of rotatable bonds is 5. The van der Waals surface area contributed by atoms with Crippen molar-refractivity contribution in [2.75, 3.05) is 19.0 Å². The van der Waals surface area contributed by atoms with Gasteiger partial charge in [0.1, 0.15) is 11.4 Å². The van der Waals surface area contributed by atoms with Crippen LogP contribution in [0.3, 0.4) is 0 Å². The minimum absolute atomic E-state index is 0.0384. The van der Waals surface area contributed by atoms with Crippen LogP contribution in [0.5, 0.6) is 5.75 Å². The summed E-state index contributed by atoms with van der Waals surface area (Å²) in [6.45, 7) is 0.937. The maximum absolute atomic E-state index is 13.2. The highest BCUT2D eigenvalue weighted by Crippen LogP contribution is 2.52. The van der Waals surface area contributed by atoms with Crippen LogP contribution in [0.4, 0.5) is 5.69 Å². The van der Waals surface area contributed by atoms with E-state index in [1.807, 2.05) is 24.3 Å². The van der Waals surface area contributed by atoms with Crippen LogP contribution in [0.25, 0.3) is 0 Å². The Hall–Kier alpha value is -3.19. The van der Waals surface area contributed by atoms with Crippen molar-refractivity contribution < 1.29 is 19.1 Å². The average Bonchev–Trinajstić information content (AvgIpc) is 3.38. The van der Waals surface area contributed by atoms with Gasteiger partial charge in [0.15, 0.2) is 0 Å². The number of hydrogen-bond donors (Lipinski definition) is 1. The first-order valence-corrected chi connectivity index (χ1v) is 9.59. The molecule has 4 atom stereocenters. The number of benzene rings is 1. The van der Waals surface area contributed by atoms with E-state index >= 15 is 0 Å². The Morgan fingerprint density at radius 2 is 2.03 bits per heavy atom. The zero-order valence-corrected chi connectivity index (χ0v) is 15.9. The van der Waals surface area contributed by atoms with E-state index in [4.69, 9.17) is 9.47 Å². The fraction of sp³-hybridized carbons (Fsp3) is 0.318. The molecule has 0 saturated carbocycles. The molecule has 2 bridgehead atoms. The van der Waals surface area contributed by atoms with E-state index in [0.717, 1.165) is 5.56 Å². The predicted octanol–water partition coefficient (Wildman–Crippen LogP) is 2.01. The van der Waals surface area contributed by atoms with Crippen molar-refractivity contribution in [1.82, 2.24) is 9.88 Å². The molecule has 1 unspecified atom stereocenters. The molecule has 4 heterocycles. The second kappa shape index (κ2) is 6.70. The molecule has 3 aliphatic rings. The van der Waals surface area contributed by atoms with Gasteiger partial charge in [-0.05, 0) is 42.0 Å². The van der Waals surface area contributed by atoms with Crippen molar-refractivity contribution in [3.8, 4) is 5.75 Å². The van der Waals surface area contributed by atoms with E-state index in [1.54, 1.807) is 48.7 Å². The highest BCUT2D eigenvalue weighted by molar-refractivity contribution is 5.99. The average molecular weight is 391 g/mol. The Balaban J connectivity index is 1.36. The van der Waals surface area contributed by atoms with Crippen LogP contribution in [0, 0.1) is 11.8 Å². The maximum atomic E-state index is 13.2. The Morgan fingerprint density at radius 1 is 1.28 bits per heavy atom. The molecule has 1 spiro atoms. The molecule has 0 aliphatic carbocycles. The van der Waals surface area contributed by atoms with Crippen LogP contribution in [0.1, 0.15) is 5.56 Å². The lowest BCUT2D eigenvalue weighted by Gasteiger charge is -2.23. The second-order valence-corrected chi connectivity index (χ2v) is 7.67. The summed E-state index contributed by atoms with van der Waals surface area (Å²) in [5, 5.41) is 2.93. The normalized spacial score (nSPS) is 29.2. The van der Waals surface area contributed by atoms with Crippen LogP contribution in [0.2, 0.25) is 0 Å². The molecular formula is C22H21N3O4. The Labute approximate surface area is 168 Å². The van der Waals surface area contributed by atoms with Gasteiger partial charge in [0, 0.05) is 24.6 Å². The summed E-state index contributed by atoms with van der Waals surface area (Å²) in [6, 6.07) is 10.9. The van der Waals surface area contributed by atoms with Gasteiger partial charge in [0.05, 0.1) is 31.6 Å². The van der Waals surface area contributed by atoms with Gasteiger partial charge in [-0.15, -0.1) is 0 Å². The number of pyridine rings is 1. The zero-order chi connectivity index (χ0) is 20.0. The molecular weight excluding hydrogens is 370 g/mol. The SMILES string of the molecule is COc1ccc(NC(=O)C2[C@H]3C(=O)N(Cc4ccncc4)C[C@]34C=C[C@H]2O4)cc1. The van der Waals surface area contributed by atoms with Gasteiger partial charge in [0.25, 0.3) is 0 Å². The lowest BCUT2D eigenvalue weighted by atomic mass is 9.77. The van der Waals surface area contributed by atoms with E-state index in [1.165, 1.54) is 0 Å². The number of methoxy groups -OCH3 is 1. The largest absolute Gasteiger partial charge is 0.497 e. The third kappa shape index (κ3) is 2.89. The summed E-state index contributed by atoms with van der Waals surface area (Å²) >= 11 is 0. The van der Waals surface area contributed by atoms with E-state index in [9.17, 15) is 9.59 Å². The fourth-order valence-electron chi connectivity index (χ4n) is 4.62. The molecule has 1 aromatic heterocycles. The van der Waals surface area contributed by atoms with E-state index in [2.05, 4.69) is 10.3 Å². The highest BCUT2D eigenvalue weighted by Gasteiger charge is 2.66. The fourth-order valence-corrected chi connectivity index (χ4v) is 4.62. The number of carbonyl (C=O) groups is 2. The Kier molecular flexibility index (Phi) is 4.13. The molecule has 2 fully saturated rings. The molecule has 148 valence electrons. The number of aromatic nitrogens is 1. The van der Waals surface area contributed by atoms with Crippen molar-refractivity contribution in [2.24, 2.45) is 11.8 Å². The summed E-state index contributed by atoms with van der Waals surface area (Å²) in [5.41, 5.74) is 0.953. The Morgan fingerprint density at radius 3 is 2.76 bits per heavy atom. The van der Waals surface area contributed by atoms with Crippen molar-refractivity contribution in [3.63, 3.8) is 0 Å². The molecule has 5 rings (SSSR count). The number of nitrogens with one attached hydrogen (secondary N) is 1. The number of amides is 2. The summed E-state index contributed by atoms with van der Waals surface area (Å²) in [5.74, 6) is -0.570. The first-order valence-electron chi connectivity index (χ1n) is 9.59. The maximum Gasteiger partial charge on any atom is 0.231 e. The van der Waals surface area contributed by atoms with Crippen LogP contribution < -0.4 is 10.1 Å². The topological polar surface area (TPSA) is 80.8 Å². The summed E-state index contributed by atoms with van der Waals surface area (Å²) in [6.07, 6.45) is 6.93. The minimum Gasteiger partial charge on any atom is -0.497 e. The highest BCUT2D eigenvalue weighted by atomic mass is 16.5. The van der Waals surface area contributed by atoms with Crippen LogP contribution in [-0.2, 0) is 20.9 Å². The van der Waals surface area contributed by atoms with Gasteiger partial charge in [-0.2, -0.15) is 0 Å². The van der Waals surface area contributed by atoms with Crippen LogP contribution in [-0.4, -0.2) is 47.1 Å². The van der Waals surface area contributed by atoms with Crippen molar-refractivity contribution in [1.29, 1.82) is 0 Å². The van der Waals surface area contributed by atoms with E-state index in [0.29, 0.717) is 24.5 Å². The predicted molar refractivity (Wildman–Crippen MR) is 105 cm³/mol. The number of nitrogens with zero attached hydrogens (tertiary/aromatic N) is 2. The van der Waals surface area contributed by atoms with Crippen LogP contribution >= 0.6 is 0 Å². The molecule has 7 heteroatoms. The second-order valence-electron chi connectivity index (χ2n) is 7.67. The smallest absolute Gasteiger partial charge is 0.231 e. The molecule has 7 nitrogen and oxygen atoms in total. The van der Waals surface area contributed by atoms with Gasteiger partial charge >= 0.3 is 0 Å². The van der Waals surface area contributed by atoms with Gasteiger partial charge in [-0.1, -0.05) is 12.2 Å². The zero-order valence-electron chi connectivity index (χ0n) is 15.9. The number of carbonyl (C=O) groups excluding carboxylic acids is 2. The van der Waals surface area contributed by atoms with Crippen molar-refractivity contribution in [2.45, 2.75) is 18.2 Å². The lowest BCUT2D eigenvalue weighted by molar-refractivity contribution is -0.136. The quantitative estimate of drug-likeness (QED) is 0.789. The van der Waals surface area contributed by atoms with Crippen molar-refractivity contribution in [3.05, 3.63) is 66.5 Å². The molecule has 29 heavy (non-hydrogen) atoms. The summed E-state index contributed by atoms with van der Waals surface area (Å²) < 4.78 is 11.3. The van der Waals surface area contributed by atoms with Gasteiger partial charge in [-0.25, -0.2) is 0 Å². The monoisotopic (exact) mass is 391 g/mol. The standard InChI is InChI=1S/C22H21N3O4/c1-28-16-4-2-15(3-5-16)24-20(26)18-17-6-9-22(29-17)13-25(21(27)19(18)22)12-14-7-10-23-11-8-14/h2-11,17-19H,12-13H2,1H3,(H,24,26)/t17-,18?,19+,22-/m1/s1. The molecule has 1 N–H and O–H groups in total. The minimum atomic E-state index is -0.712. The molecule has 2 aromatic rings. The molecule has 2 saturated heterocycles. The molecule has 2 amide bonds. The van der Waals surface area contributed by atoms with Crippen LogP contribution in [0.15, 0.2) is 60.9 Å². The number of fused-ring (bicyclic) bond motifs is 1. The van der Waals surface area contributed by atoms with Gasteiger partial charge in [-0.3, -0.25) is 14.6 Å². The molecule has 3 aliphatic heterocycles. The third-order valence-electron chi connectivity index (χ3n) is 5.96. The third-order valence-corrected chi connectivity index (χ3v) is 5.96. The lowest BCUT2D eigenvalue weighted by Crippen LogP contribution is -2.41. The van der Waals surface area contributed by atoms with Gasteiger partial charge in [0.2, 0.25) is 11.8 Å². The number of likely N-dealkylation sites (tertiary alicyclic amines) is 1. The molecule has 1 aromatic carbocycles. The first-order chi connectivity index (χ1) is 14.1. The number of anilines is 1.